The summed E-state index contributed by atoms with van der Waals surface area (Å²) in [6, 6.07) is 8.82. The number of nitrogens with one attached hydrogen (secondary N) is 2. The van der Waals surface area contributed by atoms with E-state index in [1.165, 1.54) is 12.8 Å². The lowest BCUT2D eigenvalue weighted by atomic mass is 10.0. The van der Waals surface area contributed by atoms with Crippen LogP contribution in [-0.4, -0.2) is 62.8 Å². The topological polar surface area (TPSA) is 58.1 Å². The predicted octanol–water partition coefficient (Wildman–Crippen LogP) is 3.51. The van der Waals surface area contributed by atoms with Crippen LogP contribution in [-0.2, 0) is 0 Å². The summed E-state index contributed by atoms with van der Waals surface area (Å²) in [4.78, 5) is 7.24. The van der Waals surface area contributed by atoms with Crippen molar-refractivity contribution in [3.8, 4) is 11.5 Å². The van der Waals surface area contributed by atoms with Crippen molar-refractivity contribution in [1.29, 1.82) is 0 Å². The highest BCUT2D eigenvalue weighted by Gasteiger charge is 2.21. The molecule has 0 saturated carbocycles. The molecule has 0 amide bonds. The minimum atomic E-state index is 0. The van der Waals surface area contributed by atoms with Crippen LogP contribution < -0.4 is 20.1 Å². The predicted molar refractivity (Wildman–Crippen MR) is 127 cm³/mol. The van der Waals surface area contributed by atoms with E-state index in [0.29, 0.717) is 18.7 Å². The van der Waals surface area contributed by atoms with E-state index >= 15 is 0 Å². The van der Waals surface area contributed by atoms with Crippen molar-refractivity contribution in [3.05, 3.63) is 24.3 Å². The average molecular weight is 504 g/mol. The first-order chi connectivity index (χ1) is 13.1. The summed E-state index contributed by atoms with van der Waals surface area (Å²) in [6.45, 7) is 11.2. The third kappa shape index (κ3) is 8.86. The Morgan fingerprint density at radius 3 is 2.39 bits per heavy atom. The number of benzene rings is 1. The van der Waals surface area contributed by atoms with Crippen molar-refractivity contribution in [2.24, 2.45) is 4.99 Å². The van der Waals surface area contributed by atoms with E-state index in [9.17, 15) is 0 Å². The Bertz CT molecular complexity index is 558. The summed E-state index contributed by atoms with van der Waals surface area (Å²) in [5.74, 6) is 2.62. The lowest BCUT2D eigenvalue weighted by Gasteiger charge is -2.35. The van der Waals surface area contributed by atoms with Crippen molar-refractivity contribution in [1.82, 2.24) is 15.5 Å². The Morgan fingerprint density at radius 2 is 1.82 bits per heavy atom. The summed E-state index contributed by atoms with van der Waals surface area (Å²) < 4.78 is 10.9. The van der Waals surface area contributed by atoms with E-state index in [0.717, 1.165) is 50.1 Å². The van der Waals surface area contributed by atoms with E-state index in [4.69, 9.17) is 14.5 Å². The van der Waals surface area contributed by atoms with Crippen LogP contribution in [0.25, 0.3) is 0 Å². The van der Waals surface area contributed by atoms with Gasteiger partial charge < -0.3 is 25.0 Å². The summed E-state index contributed by atoms with van der Waals surface area (Å²) >= 11 is 0. The van der Waals surface area contributed by atoms with Crippen LogP contribution in [0, 0.1) is 0 Å². The molecule has 2 N–H and O–H groups in total. The molecule has 1 saturated heterocycles. The van der Waals surface area contributed by atoms with Crippen LogP contribution in [0.2, 0.25) is 0 Å². The Morgan fingerprint density at radius 1 is 1.18 bits per heavy atom. The van der Waals surface area contributed by atoms with E-state index in [1.54, 1.807) is 7.11 Å². The van der Waals surface area contributed by atoms with E-state index in [2.05, 4.69) is 36.3 Å². The number of piperidine rings is 1. The quantitative estimate of drug-likeness (QED) is 0.233. The van der Waals surface area contributed by atoms with Gasteiger partial charge in [0.15, 0.2) is 5.96 Å². The molecule has 0 unspecified atom stereocenters. The van der Waals surface area contributed by atoms with Crippen LogP contribution in [0.4, 0.5) is 0 Å². The number of nitrogens with zero attached hydrogens (tertiary/aromatic N) is 2. The van der Waals surface area contributed by atoms with Gasteiger partial charge >= 0.3 is 0 Å². The Labute approximate surface area is 187 Å². The Hall–Kier alpha value is -1.22. The molecule has 160 valence electrons. The van der Waals surface area contributed by atoms with E-state index in [-0.39, 0.29) is 24.0 Å². The number of ether oxygens (including phenoxy) is 2. The molecule has 7 heteroatoms. The number of aliphatic imine (C=N–C) groups is 1. The van der Waals surface area contributed by atoms with Gasteiger partial charge in [0.2, 0.25) is 0 Å². The van der Waals surface area contributed by atoms with Crippen LogP contribution in [0.3, 0.4) is 0 Å². The van der Waals surface area contributed by atoms with Gasteiger partial charge in [0.05, 0.1) is 13.7 Å². The lowest BCUT2D eigenvalue weighted by molar-refractivity contribution is 0.167. The number of rotatable bonds is 9. The van der Waals surface area contributed by atoms with Gasteiger partial charge in [0, 0.05) is 44.7 Å². The molecule has 1 aliphatic heterocycles. The molecule has 0 aromatic heterocycles. The normalized spacial score (nSPS) is 15.8. The monoisotopic (exact) mass is 504 g/mol. The average Bonchev–Trinajstić information content (AvgIpc) is 2.68. The van der Waals surface area contributed by atoms with E-state index in [1.807, 2.05) is 24.3 Å². The number of guanidine groups is 1. The highest BCUT2D eigenvalue weighted by atomic mass is 127. The summed E-state index contributed by atoms with van der Waals surface area (Å²) in [6.07, 6.45) is 3.22. The molecule has 1 aromatic carbocycles. The van der Waals surface area contributed by atoms with Crippen LogP contribution in [0.5, 0.6) is 11.5 Å². The summed E-state index contributed by atoms with van der Waals surface area (Å²) in [5, 5.41) is 6.95. The first-order valence-corrected chi connectivity index (χ1v) is 10.2. The largest absolute Gasteiger partial charge is 0.497 e. The van der Waals surface area contributed by atoms with Gasteiger partial charge in [-0.15, -0.1) is 24.0 Å². The molecule has 1 aromatic rings. The Balaban J connectivity index is 0.00000392. The van der Waals surface area contributed by atoms with Crippen molar-refractivity contribution in [2.45, 2.75) is 52.1 Å². The minimum Gasteiger partial charge on any atom is -0.497 e. The molecule has 0 atom stereocenters. The standard InChI is InChI=1S/C21H36N4O2.HI/c1-5-22-21(24-18-11-14-25(15-12-18)17(2)3)23-13-6-16-27-20-9-7-19(26-4)8-10-20;/h7-10,17-18H,5-6,11-16H2,1-4H3,(H2,22,23,24);1H. The summed E-state index contributed by atoms with van der Waals surface area (Å²) in [5.41, 5.74) is 0. The molecule has 0 aliphatic carbocycles. The zero-order valence-corrected chi connectivity index (χ0v) is 20.1. The number of methoxy groups -OCH3 is 1. The van der Waals surface area contributed by atoms with Gasteiger partial charge in [-0.05, 0) is 57.9 Å². The lowest BCUT2D eigenvalue weighted by Crippen LogP contribution is -2.49. The number of likely N-dealkylation sites (tertiary alicyclic amines) is 1. The van der Waals surface area contributed by atoms with Gasteiger partial charge in [0.25, 0.3) is 0 Å². The molecule has 0 radical (unpaired) electrons. The first kappa shape index (κ1) is 24.8. The molecule has 1 heterocycles. The van der Waals surface area contributed by atoms with Gasteiger partial charge in [-0.1, -0.05) is 0 Å². The molecule has 0 spiro atoms. The third-order valence-corrected chi connectivity index (χ3v) is 4.85. The second kappa shape index (κ2) is 13.9. The maximum atomic E-state index is 5.76. The first-order valence-electron chi connectivity index (χ1n) is 10.2. The Kier molecular flexibility index (Phi) is 12.3. The number of halogens is 1. The van der Waals surface area contributed by atoms with Crippen molar-refractivity contribution < 1.29 is 9.47 Å². The molecule has 0 bridgehead atoms. The molecular weight excluding hydrogens is 467 g/mol. The fourth-order valence-corrected chi connectivity index (χ4v) is 3.19. The van der Waals surface area contributed by atoms with Crippen LogP contribution in [0.15, 0.2) is 29.3 Å². The molecule has 1 aliphatic rings. The SMILES string of the molecule is CCNC(=NCCCOc1ccc(OC)cc1)NC1CCN(C(C)C)CC1.I. The minimum absolute atomic E-state index is 0. The highest BCUT2D eigenvalue weighted by Crippen LogP contribution is 2.17. The van der Waals surface area contributed by atoms with Gasteiger partial charge in [-0.2, -0.15) is 0 Å². The number of hydrogen-bond acceptors (Lipinski definition) is 4. The highest BCUT2D eigenvalue weighted by molar-refractivity contribution is 14.0. The smallest absolute Gasteiger partial charge is 0.191 e. The zero-order valence-electron chi connectivity index (χ0n) is 17.7. The molecule has 28 heavy (non-hydrogen) atoms. The maximum absolute atomic E-state index is 5.76. The fraction of sp³-hybridized carbons (Fsp3) is 0.667. The van der Waals surface area contributed by atoms with E-state index < -0.39 is 0 Å². The number of hydrogen-bond donors (Lipinski definition) is 2. The van der Waals surface area contributed by atoms with Gasteiger partial charge in [0.1, 0.15) is 11.5 Å². The van der Waals surface area contributed by atoms with Gasteiger partial charge in [-0.3, -0.25) is 4.99 Å². The molecule has 2 rings (SSSR count). The second-order valence-corrected chi connectivity index (χ2v) is 7.19. The van der Waals surface area contributed by atoms with Gasteiger partial charge in [-0.25, -0.2) is 0 Å². The molecule has 6 nitrogen and oxygen atoms in total. The molecular formula is C21H37IN4O2. The second-order valence-electron chi connectivity index (χ2n) is 7.19. The molecule has 1 fully saturated rings. The van der Waals surface area contributed by atoms with Crippen molar-refractivity contribution in [3.63, 3.8) is 0 Å². The fourth-order valence-electron chi connectivity index (χ4n) is 3.19. The van der Waals surface area contributed by atoms with Crippen LogP contribution in [0.1, 0.15) is 40.0 Å². The third-order valence-electron chi connectivity index (χ3n) is 4.85. The summed E-state index contributed by atoms with van der Waals surface area (Å²) in [7, 11) is 1.66. The van der Waals surface area contributed by atoms with Crippen LogP contribution >= 0.6 is 24.0 Å². The van der Waals surface area contributed by atoms with Crippen molar-refractivity contribution in [2.75, 3.05) is 39.9 Å². The zero-order chi connectivity index (χ0) is 19.5. The van der Waals surface area contributed by atoms with Crippen molar-refractivity contribution >= 4 is 29.9 Å². The maximum Gasteiger partial charge on any atom is 0.191 e.